The molecular weight excluding hydrogens is 310 g/mol. The number of rotatable bonds is 3. The third-order valence-electron chi connectivity index (χ3n) is 5.10. The number of nitrogens with one attached hydrogen (secondary N) is 1. The molecule has 0 saturated carbocycles. The van der Waals surface area contributed by atoms with Gasteiger partial charge in [0.05, 0.1) is 5.41 Å². The molecule has 132 valence electrons. The number of hydrogen-bond donors (Lipinski definition) is 2. The van der Waals surface area contributed by atoms with E-state index in [1.165, 1.54) is 0 Å². The zero-order chi connectivity index (χ0) is 17.5. The van der Waals surface area contributed by atoms with Gasteiger partial charge in [0, 0.05) is 38.0 Å². The fourth-order valence-electron chi connectivity index (χ4n) is 3.47. The number of hydrogen-bond acceptors (Lipinski definition) is 4. The molecule has 24 heavy (non-hydrogen) atoms. The number of carboxylic acid groups (broad SMARTS) is 1. The highest BCUT2D eigenvalue weighted by Gasteiger charge is 2.42. The van der Waals surface area contributed by atoms with Crippen molar-refractivity contribution in [2.45, 2.75) is 58.5 Å². The Labute approximate surface area is 141 Å². The topological polar surface area (TPSA) is 100 Å². The number of carbonyl (C=O) groups is 2. The Morgan fingerprint density at radius 2 is 2.12 bits per heavy atom. The molecule has 8 heteroatoms. The first-order valence-corrected chi connectivity index (χ1v) is 8.51. The van der Waals surface area contributed by atoms with Crippen LogP contribution in [0.2, 0.25) is 0 Å². The van der Waals surface area contributed by atoms with Gasteiger partial charge in [0.1, 0.15) is 11.6 Å². The SMILES string of the molecule is CC(C)c1nnc2n1CC(NC(=O)N1CCC(C)(C(=O)O)C1)CC2. The van der Waals surface area contributed by atoms with Crippen molar-refractivity contribution in [1.29, 1.82) is 0 Å². The van der Waals surface area contributed by atoms with Crippen LogP contribution in [0.1, 0.15) is 51.2 Å². The first-order chi connectivity index (χ1) is 11.3. The van der Waals surface area contributed by atoms with Crippen molar-refractivity contribution in [3.05, 3.63) is 11.6 Å². The van der Waals surface area contributed by atoms with Crippen LogP contribution in [0, 0.1) is 5.41 Å². The quantitative estimate of drug-likeness (QED) is 0.865. The van der Waals surface area contributed by atoms with E-state index in [0.717, 1.165) is 24.5 Å². The fourth-order valence-corrected chi connectivity index (χ4v) is 3.47. The number of likely N-dealkylation sites (tertiary alicyclic amines) is 1. The molecule has 0 aliphatic carbocycles. The number of aromatic nitrogens is 3. The summed E-state index contributed by atoms with van der Waals surface area (Å²) in [6.45, 7) is 7.27. The molecular formula is C16H25N5O3. The largest absolute Gasteiger partial charge is 0.481 e. The number of carbonyl (C=O) groups excluding carboxylic acids is 1. The Morgan fingerprint density at radius 3 is 2.75 bits per heavy atom. The Bertz CT molecular complexity index is 656. The number of nitrogens with zero attached hydrogens (tertiary/aromatic N) is 4. The van der Waals surface area contributed by atoms with Crippen molar-refractivity contribution in [1.82, 2.24) is 25.0 Å². The minimum atomic E-state index is -0.842. The molecule has 1 aromatic rings. The van der Waals surface area contributed by atoms with E-state index in [1.54, 1.807) is 11.8 Å². The van der Waals surface area contributed by atoms with Crippen LogP contribution in [0.3, 0.4) is 0 Å². The molecule has 0 radical (unpaired) electrons. The van der Waals surface area contributed by atoms with Gasteiger partial charge in [-0.15, -0.1) is 10.2 Å². The van der Waals surface area contributed by atoms with E-state index in [9.17, 15) is 14.7 Å². The minimum absolute atomic E-state index is 0.0233. The van der Waals surface area contributed by atoms with Gasteiger partial charge in [-0.3, -0.25) is 4.79 Å². The molecule has 0 bridgehead atoms. The number of aliphatic carboxylic acids is 1. The van der Waals surface area contributed by atoms with E-state index in [0.29, 0.717) is 19.5 Å². The van der Waals surface area contributed by atoms with Gasteiger partial charge in [-0.05, 0) is 19.8 Å². The average molecular weight is 335 g/mol. The van der Waals surface area contributed by atoms with Gasteiger partial charge in [0.2, 0.25) is 0 Å². The summed E-state index contributed by atoms with van der Waals surface area (Å²) in [5.41, 5.74) is -0.837. The van der Waals surface area contributed by atoms with Crippen LogP contribution in [0.4, 0.5) is 4.79 Å². The highest BCUT2D eigenvalue weighted by Crippen LogP contribution is 2.30. The summed E-state index contributed by atoms with van der Waals surface area (Å²) in [5, 5.41) is 20.8. The van der Waals surface area contributed by atoms with Crippen molar-refractivity contribution >= 4 is 12.0 Å². The number of carboxylic acids is 1. The summed E-state index contributed by atoms with van der Waals surface area (Å²) in [5.74, 6) is 1.37. The molecule has 3 rings (SSSR count). The monoisotopic (exact) mass is 335 g/mol. The summed E-state index contributed by atoms with van der Waals surface area (Å²) in [7, 11) is 0. The van der Waals surface area contributed by atoms with Crippen LogP contribution in [0.15, 0.2) is 0 Å². The van der Waals surface area contributed by atoms with Crippen LogP contribution in [0.25, 0.3) is 0 Å². The number of aryl methyl sites for hydroxylation is 1. The molecule has 1 saturated heterocycles. The van der Waals surface area contributed by atoms with Crippen LogP contribution in [-0.4, -0.2) is 55.9 Å². The van der Waals surface area contributed by atoms with E-state index >= 15 is 0 Å². The molecule has 2 aliphatic heterocycles. The Morgan fingerprint density at radius 1 is 1.38 bits per heavy atom. The Kier molecular flexibility index (Phi) is 4.23. The molecule has 1 aromatic heterocycles. The second-order valence-corrected chi connectivity index (χ2v) is 7.46. The summed E-state index contributed by atoms with van der Waals surface area (Å²) in [4.78, 5) is 25.4. The molecule has 2 atom stereocenters. The zero-order valence-electron chi connectivity index (χ0n) is 14.4. The predicted octanol–water partition coefficient (Wildman–Crippen LogP) is 1.22. The van der Waals surface area contributed by atoms with E-state index in [2.05, 4.69) is 33.9 Å². The molecule has 8 nitrogen and oxygen atoms in total. The molecule has 2 N–H and O–H groups in total. The minimum Gasteiger partial charge on any atom is -0.481 e. The van der Waals surface area contributed by atoms with E-state index in [-0.39, 0.29) is 24.5 Å². The molecule has 2 unspecified atom stereocenters. The second kappa shape index (κ2) is 6.07. The molecule has 3 heterocycles. The fraction of sp³-hybridized carbons (Fsp3) is 0.750. The highest BCUT2D eigenvalue weighted by molar-refractivity contribution is 5.79. The van der Waals surface area contributed by atoms with Crippen molar-refractivity contribution in [3.63, 3.8) is 0 Å². The molecule has 0 aromatic carbocycles. The van der Waals surface area contributed by atoms with Gasteiger partial charge < -0.3 is 19.9 Å². The van der Waals surface area contributed by atoms with E-state index < -0.39 is 11.4 Å². The summed E-state index contributed by atoms with van der Waals surface area (Å²) in [6, 6.07) is -0.150. The molecule has 2 aliphatic rings. The summed E-state index contributed by atoms with van der Waals surface area (Å²) in [6.07, 6.45) is 2.11. The lowest BCUT2D eigenvalue weighted by Crippen LogP contribution is -2.48. The maximum atomic E-state index is 12.5. The predicted molar refractivity (Wildman–Crippen MR) is 86.7 cm³/mol. The van der Waals surface area contributed by atoms with Crippen LogP contribution in [-0.2, 0) is 17.8 Å². The van der Waals surface area contributed by atoms with Gasteiger partial charge in [0.25, 0.3) is 0 Å². The Hall–Kier alpha value is -2.12. The summed E-state index contributed by atoms with van der Waals surface area (Å²) < 4.78 is 2.10. The van der Waals surface area contributed by atoms with Crippen molar-refractivity contribution < 1.29 is 14.7 Å². The van der Waals surface area contributed by atoms with Crippen molar-refractivity contribution in [2.75, 3.05) is 13.1 Å². The Balaban J connectivity index is 1.62. The number of fused-ring (bicyclic) bond motifs is 1. The van der Waals surface area contributed by atoms with E-state index in [1.807, 2.05) is 0 Å². The smallest absolute Gasteiger partial charge is 0.317 e. The molecule has 2 amide bonds. The highest BCUT2D eigenvalue weighted by atomic mass is 16.4. The summed E-state index contributed by atoms with van der Waals surface area (Å²) >= 11 is 0. The van der Waals surface area contributed by atoms with Crippen LogP contribution in [0.5, 0.6) is 0 Å². The van der Waals surface area contributed by atoms with Gasteiger partial charge in [-0.2, -0.15) is 0 Å². The van der Waals surface area contributed by atoms with Crippen LogP contribution >= 0.6 is 0 Å². The van der Waals surface area contributed by atoms with Crippen molar-refractivity contribution in [2.24, 2.45) is 5.41 Å². The maximum Gasteiger partial charge on any atom is 0.317 e. The molecule has 1 fully saturated rings. The van der Waals surface area contributed by atoms with Gasteiger partial charge in [-0.25, -0.2) is 4.79 Å². The first-order valence-electron chi connectivity index (χ1n) is 8.51. The standard InChI is InChI=1S/C16H25N5O3/c1-10(2)13-19-18-12-5-4-11(8-21(12)13)17-15(24)20-7-6-16(3,9-20)14(22)23/h10-11H,4-9H2,1-3H3,(H,17,24)(H,22,23). The van der Waals surface area contributed by atoms with Gasteiger partial charge >= 0.3 is 12.0 Å². The third kappa shape index (κ3) is 2.97. The lowest BCUT2D eigenvalue weighted by Gasteiger charge is -2.28. The second-order valence-electron chi connectivity index (χ2n) is 7.46. The lowest BCUT2D eigenvalue weighted by molar-refractivity contribution is -0.147. The molecule has 0 spiro atoms. The first kappa shape index (κ1) is 16.7. The van der Waals surface area contributed by atoms with Gasteiger partial charge in [0.15, 0.2) is 0 Å². The lowest BCUT2D eigenvalue weighted by atomic mass is 9.90. The third-order valence-corrected chi connectivity index (χ3v) is 5.10. The van der Waals surface area contributed by atoms with E-state index in [4.69, 9.17) is 0 Å². The zero-order valence-corrected chi connectivity index (χ0v) is 14.4. The maximum absolute atomic E-state index is 12.5. The van der Waals surface area contributed by atoms with Gasteiger partial charge in [-0.1, -0.05) is 13.8 Å². The van der Waals surface area contributed by atoms with Crippen LogP contribution < -0.4 is 5.32 Å². The average Bonchev–Trinajstić information content (AvgIpc) is 3.11. The number of urea groups is 1. The van der Waals surface area contributed by atoms with Crippen molar-refractivity contribution in [3.8, 4) is 0 Å². The normalized spacial score (nSPS) is 26.5. The number of amides is 2.